The van der Waals surface area contributed by atoms with Crippen LogP contribution in [-0.4, -0.2) is 43.5 Å². The molecule has 0 bridgehead atoms. The average Bonchev–Trinajstić information content (AvgIpc) is 2.53. The Morgan fingerprint density at radius 2 is 1.83 bits per heavy atom. The summed E-state index contributed by atoms with van der Waals surface area (Å²) in [5.41, 5.74) is 0.806. The van der Waals surface area contributed by atoms with Crippen LogP contribution in [0, 0.1) is 0 Å². The molecule has 24 heavy (non-hydrogen) atoms. The van der Waals surface area contributed by atoms with E-state index in [1.807, 2.05) is 18.2 Å². The highest BCUT2D eigenvalue weighted by Crippen LogP contribution is 2.24. The van der Waals surface area contributed by atoms with E-state index in [2.05, 4.69) is 19.6 Å². The summed E-state index contributed by atoms with van der Waals surface area (Å²) in [4.78, 5) is 26.6. The number of nitrogens with zero attached hydrogens (tertiary/aromatic N) is 1. The molecule has 0 fully saturated rings. The number of carbonyl (C=O) groups excluding carboxylic acids is 2. The van der Waals surface area contributed by atoms with Crippen LogP contribution in [0.15, 0.2) is 24.3 Å². The molecular weight excluding hydrogens is 322 g/mol. The fourth-order valence-corrected chi connectivity index (χ4v) is 3.86. The minimum Gasteiger partial charge on any atom is -0.443 e. The van der Waals surface area contributed by atoms with Crippen molar-refractivity contribution in [3.63, 3.8) is 0 Å². The predicted octanol–water partition coefficient (Wildman–Crippen LogP) is 3.84. The van der Waals surface area contributed by atoms with Gasteiger partial charge in [0.05, 0.1) is 12.6 Å². The lowest BCUT2D eigenvalue weighted by atomic mass is 10.0. The largest absolute Gasteiger partial charge is 0.443 e. The maximum absolute atomic E-state index is 12.9. The first-order valence-corrected chi connectivity index (χ1v) is 11.7. The monoisotopic (exact) mass is 349 g/mol. The van der Waals surface area contributed by atoms with Crippen LogP contribution in [0.4, 0.5) is 4.79 Å². The maximum atomic E-state index is 12.9. The van der Waals surface area contributed by atoms with Crippen LogP contribution in [0.3, 0.4) is 0 Å². The fourth-order valence-electron chi connectivity index (χ4n) is 2.70. The first kappa shape index (κ1) is 18.7. The first-order chi connectivity index (χ1) is 11.0. The zero-order valence-corrected chi connectivity index (χ0v) is 16.4. The van der Waals surface area contributed by atoms with E-state index in [1.54, 1.807) is 26.8 Å². The Labute approximate surface area is 145 Å². The van der Waals surface area contributed by atoms with Crippen LogP contribution in [0.5, 0.6) is 0 Å². The normalized spacial score (nSPS) is 18.8. The van der Waals surface area contributed by atoms with Crippen molar-refractivity contribution in [1.29, 1.82) is 0 Å². The molecule has 2 rings (SSSR count). The van der Waals surface area contributed by atoms with Gasteiger partial charge in [-0.05, 0) is 58.5 Å². The van der Waals surface area contributed by atoms with Gasteiger partial charge in [0, 0.05) is 5.56 Å². The molecule has 132 valence electrons. The van der Waals surface area contributed by atoms with Crippen molar-refractivity contribution >= 4 is 20.3 Å². The highest BCUT2D eigenvalue weighted by molar-refractivity contribution is 6.69. The predicted molar refractivity (Wildman–Crippen MR) is 95.6 cm³/mol. The Bertz CT molecular complexity index is 631. The number of hydrogen-bond donors (Lipinski definition) is 0. The molecule has 1 aromatic carbocycles. The third kappa shape index (κ3) is 4.91. The Balaban J connectivity index is 2.35. The molecule has 1 atom stereocenters. The van der Waals surface area contributed by atoms with Crippen molar-refractivity contribution in [2.24, 2.45) is 0 Å². The summed E-state index contributed by atoms with van der Waals surface area (Å²) in [6.07, 6.45) is -0.212. The van der Waals surface area contributed by atoms with Gasteiger partial charge in [0.2, 0.25) is 0 Å². The molecule has 0 spiro atoms. The number of benzene rings is 1. The second kappa shape index (κ2) is 6.68. The third-order valence-corrected chi connectivity index (χ3v) is 4.50. The van der Waals surface area contributed by atoms with Crippen molar-refractivity contribution in [3.05, 3.63) is 35.4 Å². The molecule has 1 heterocycles. The molecule has 5 nitrogen and oxygen atoms in total. The first-order valence-electron chi connectivity index (χ1n) is 8.27. The van der Waals surface area contributed by atoms with Gasteiger partial charge in [0.25, 0.3) is 5.91 Å². The number of hydrogen-bond acceptors (Lipinski definition) is 4. The highest BCUT2D eigenvalue weighted by Gasteiger charge is 2.36. The molecule has 1 unspecified atom stereocenters. The summed E-state index contributed by atoms with van der Waals surface area (Å²) in [5.74, 6) is -0.318. The van der Waals surface area contributed by atoms with Crippen LogP contribution >= 0.6 is 0 Å². The van der Waals surface area contributed by atoms with Crippen LogP contribution in [0.25, 0.3) is 0 Å². The molecule has 6 heteroatoms. The van der Waals surface area contributed by atoms with E-state index >= 15 is 0 Å². The summed E-state index contributed by atoms with van der Waals surface area (Å²) >= 11 is 0. The standard InChI is InChI=1S/C18H27NO4Si/c1-18(2,3)22-17(21)19-12-14(23-24(4,5)6)11-13-9-7-8-10-15(13)16(19)20/h7-10,14H,11-12H2,1-6H3. The summed E-state index contributed by atoms with van der Waals surface area (Å²) in [6.45, 7) is 11.9. The second-order valence-corrected chi connectivity index (χ2v) is 12.6. The van der Waals surface area contributed by atoms with Crippen LogP contribution < -0.4 is 0 Å². The molecule has 1 aromatic rings. The van der Waals surface area contributed by atoms with E-state index in [-0.39, 0.29) is 18.6 Å². The lowest BCUT2D eigenvalue weighted by Crippen LogP contribution is -2.46. The van der Waals surface area contributed by atoms with E-state index in [4.69, 9.17) is 9.16 Å². The Morgan fingerprint density at radius 3 is 2.42 bits per heavy atom. The van der Waals surface area contributed by atoms with Crippen molar-refractivity contribution in [2.75, 3.05) is 6.54 Å². The van der Waals surface area contributed by atoms with Gasteiger partial charge in [-0.2, -0.15) is 0 Å². The number of fused-ring (bicyclic) bond motifs is 1. The van der Waals surface area contributed by atoms with Gasteiger partial charge in [0.1, 0.15) is 5.60 Å². The Hall–Kier alpha value is -1.66. The van der Waals surface area contributed by atoms with E-state index in [9.17, 15) is 9.59 Å². The van der Waals surface area contributed by atoms with Gasteiger partial charge in [-0.25, -0.2) is 9.69 Å². The summed E-state index contributed by atoms with van der Waals surface area (Å²) in [7, 11) is -1.81. The molecule has 0 aliphatic carbocycles. The van der Waals surface area contributed by atoms with Crippen molar-refractivity contribution < 1.29 is 18.8 Å². The van der Waals surface area contributed by atoms with Crippen LogP contribution in [-0.2, 0) is 15.6 Å². The molecule has 0 N–H and O–H groups in total. The van der Waals surface area contributed by atoms with Gasteiger partial charge < -0.3 is 9.16 Å². The van der Waals surface area contributed by atoms with Crippen molar-refractivity contribution in [2.45, 2.75) is 58.5 Å². The fraction of sp³-hybridized carbons (Fsp3) is 0.556. The van der Waals surface area contributed by atoms with Crippen molar-refractivity contribution in [3.8, 4) is 0 Å². The number of imide groups is 1. The molecule has 0 saturated carbocycles. The number of rotatable bonds is 2. The van der Waals surface area contributed by atoms with E-state index < -0.39 is 20.0 Å². The Morgan fingerprint density at radius 1 is 1.21 bits per heavy atom. The van der Waals surface area contributed by atoms with Gasteiger partial charge >= 0.3 is 6.09 Å². The Kier molecular flexibility index (Phi) is 5.20. The zero-order chi connectivity index (χ0) is 18.1. The summed E-state index contributed by atoms with van der Waals surface area (Å²) < 4.78 is 11.6. The molecule has 0 saturated heterocycles. The number of carbonyl (C=O) groups is 2. The molecule has 0 aromatic heterocycles. The van der Waals surface area contributed by atoms with Gasteiger partial charge in [-0.1, -0.05) is 18.2 Å². The smallest absolute Gasteiger partial charge is 0.417 e. The minimum absolute atomic E-state index is 0.211. The minimum atomic E-state index is -1.81. The topological polar surface area (TPSA) is 55.8 Å². The van der Waals surface area contributed by atoms with E-state index in [0.29, 0.717) is 12.0 Å². The maximum Gasteiger partial charge on any atom is 0.417 e. The van der Waals surface area contributed by atoms with E-state index in [0.717, 1.165) is 5.56 Å². The zero-order valence-electron chi connectivity index (χ0n) is 15.4. The van der Waals surface area contributed by atoms with Gasteiger partial charge in [0.15, 0.2) is 8.32 Å². The molecule has 1 aliphatic rings. The number of amides is 2. The molecule has 0 radical (unpaired) electrons. The third-order valence-electron chi connectivity index (χ3n) is 3.46. The highest BCUT2D eigenvalue weighted by atomic mass is 28.4. The number of ether oxygens (including phenoxy) is 1. The lowest BCUT2D eigenvalue weighted by Gasteiger charge is -2.30. The second-order valence-electron chi connectivity index (χ2n) is 8.11. The van der Waals surface area contributed by atoms with Crippen LogP contribution in [0.2, 0.25) is 19.6 Å². The van der Waals surface area contributed by atoms with E-state index in [1.165, 1.54) is 4.90 Å². The molecule has 2 amide bonds. The average molecular weight is 350 g/mol. The quantitative estimate of drug-likeness (QED) is 0.761. The SMILES string of the molecule is CC(C)(C)OC(=O)N1CC(O[Si](C)(C)C)Cc2ccccc2C1=O. The van der Waals surface area contributed by atoms with Gasteiger partial charge in [-0.15, -0.1) is 0 Å². The van der Waals surface area contributed by atoms with Crippen LogP contribution in [0.1, 0.15) is 36.7 Å². The summed E-state index contributed by atoms with van der Waals surface area (Å²) in [6, 6.07) is 7.39. The lowest BCUT2D eigenvalue weighted by molar-refractivity contribution is 0.0177. The molecular formula is C18H27NO4Si. The van der Waals surface area contributed by atoms with Gasteiger partial charge in [-0.3, -0.25) is 4.79 Å². The van der Waals surface area contributed by atoms with Crippen molar-refractivity contribution in [1.82, 2.24) is 4.90 Å². The molecule has 1 aliphatic heterocycles. The summed E-state index contributed by atoms with van der Waals surface area (Å²) in [5, 5.41) is 0.